The summed E-state index contributed by atoms with van der Waals surface area (Å²) >= 11 is 3.48. The third-order valence-corrected chi connectivity index (χ3v) is 3.12. The SMILES string of the molecule is C=CC(C)Cc1cc(Br)c(OC)cc1OC. The molecule has 16 heavy (non-hydrogen) atoms. The van der Waals surface area contributed by atoms with Gasteiger partial charge in [0, 0.05) is 6.07 Å². The number of methoxy groups -OCH3 is 2. The Kier molecular flexibility index (Phi) is 4.87. The van der Waals surface area contributed by atoms with Crippen molar-refractivity contribution in [2.24, 2.45) is 5.92 Å². The van der Waals surface area contributed by atoms with Crippen LogP contribution in [0.5, 0.6) is 11.5 Å². The molecule has 0 amide bonds. The number of hydrogen-bond donors (Lipinski definition) is 0. The zero-order valence-corrected chi connectivity index (χ0v) is 11.5. The van der Waals surface area contributed by atoms with Crippen LogP contribution in [0.4, 0.5) is 0 Å². The van der Waals surface area contributed by atoms with Crippen LogP contribution in [0, 0.1) is 5.92 Å². The lowest BCUT2D eigenvalue weighted by Crippen LogP contribution is -2.00. The zero-order chi connectivity index (χ0) is 12.1. The summed E-state index contributed by atoms with van der Waals surface area (Å²) in [6, 6.07) is 3.94. The van der Waals surface area contributed by atoms with Crippen LogP contribution in [0.15, 0.2) is 29.3 Å². The van der Waals surface area contributed by atoms with Crippen LogP contribution in [0.25, 0.3) is 0 Å². The van der Waals surface area contributed by atoms with Crippen molar-refractivity contribution in [3.8, 4) is 11.5 Å². The molecule has 3 heteroatoms. The summed E-state index contributed by atoms with van der Waals surface area (Å²) in [6.07, 6.45) is 2.85. The number of ether oxygens (including phenoxy) is 2. The number of halogens is 1. The first-order valence-electron chi connectivity index (χ1n) is 5.15. The Morgan fingerprint density at radius 2 is 1.94 bits per heavy atom. The molecule has 0 heterocycles. The highest BCUT2D eigenvalue weighted by molar-refractivity contribution is 9.10. The van der Waals surface area contributed by atoms with E-state index in [0.717, 1.165) is 28.0 Å². The fraction of sp³-hybridized carbons (Fsp3) is 0.385. The minimum atomic E-state index is 0.425. The maximum absolute atomic E-state index is 5.35. The van der Waals surface area contributed by atoms with Crippen LogP contribution in [-0.2, 0) is 6.42 Å². The van der Waals surface area contributed by atoms with Gasteiger partial charge in [-0.2, -0.15) is 0 Å². The van der Waals surface area contributed by atoms with Crippen molar-refractivity contribution in [3.63, 3.8) is 0 Å². The molecule has 0 N–H and O–H groups in total. The molecule has 0 aliphatic rings. The van der Waals surface area contributed by atoms with E-state index in [1.165, 1.54) is 0 Å². The molecule has 88 valence electrons. The van der Waals surface area contributed by atoms with E-state index in [2.05, 4.69) is 29.4 Å². The molecule has 1 atom stereocenters. The molecule has 1 unspecified atom stereocenters. The van der Waals surface area contributed by atoms with Crippen molar-refractivity contribution in [1.29, 1.82) is 0 Å². The van der Waals surface area contributed by atoms with Crippen LogP contribution >= 0.6 is 15.9 Å². The van der Waals surface area contributed by atoms with Crippen LogP contribution in [-0.4, -0.2) is 14.2 Å². The molecule has 0 radical (unpaired) electrons. The molecule has 1 rings (SSSR count). The Morgan fingerprint density at radius 3 is 2.44 bits per heavy atom. The molecule has 0 aliphatic carbocycles. The lowest BCUT2D eigenvalue weighted by molar-refractivity contribution is 0.388. The van der Waals surface area contributed by atoms with Crippen LogP contribution < -0.4 is 9.47 Å². The molecule has 0 fully saturated rings. The van der Waals surface area contributed by atoms with Crippen molar-refractivity contribution < 1.29 is 9.47 Å². The molecule has 0 aliphatic heterocycles. The first-order chi connectivity index (χ1) is 7.62. The number of allylic oxidation sites excluding steroid dienone is 1. The minimum Gasteiger partial charge on any atom is -0.496 e. The normalized spacial score (nSPS) is 12.0. The molecule has 2 nitrogen and oxygen atoms in total. The second-order valence-electron chi connectivity index (χ2n) is 3.72. The van der Waals surface area contributed by atoms with Crippen LogP contribution in [0.1, 0.15) is 12.5 Å². The summed E-state index contributed by atoms with van der Waals surface area (Å²) in [4.78, 5) is 0. The van der Waals surface area contributed by atoms with Gasteiger partial charge in [0.05, 0.1) is 18.7 Å². The molecular weight excluding hydrogens is 268 g/mol. The fourth-order valence-electron chi connectivity index (χ4n) is 1.51. The number of benzene rings is 1. The second kappa shape index (κ2) is 5.94. The summed E-state index contributed by atoms with van der Waals surface area (Å²) in [5.74, 6) is 2.06. The van der Waals surface area contributed by atoms with Gasteiger partial charge in [-0.05, 0) is 39.9 Å². The van der Waals surface area contributed by atoms with Gasteiger partial charge in [-0.25, -0.2) is 0 Å². The molecule has 0 saturated carbocycles. The Bertz CT molecular complexity index is 374. The number of hydrogen-bond acceptors (Lipinski definition) is 2. The Hall–Kier alpha value is -0.960. The second-order valence-corrected chi connectivity index (χ2v) is 4.57. The van der Waals surface area contributed by atoms with E-state index in [1.807, 2.05) is 18.2 Å². The van der Waals surface area contributed by atoms with E-state index in [1.54, 1.807) is 14.2 Å². The van der Waals surface area contributed by atoms with Crippen molar-refractivity contribution >= 4 is 15.9 Å². The molecule has 0 bridgehead atoms. The van der Waals surface area contributed by atoms with E-state index in [-0.39, 0.29) is 0 Å². The van der Waals surface area contributed by atoms with Gasteiger partial charge in [0.15, 0.2) is 0 Å². The van der Waals surface area contributed by atoms with Crippen LogP contribution in [0.2, 0.25) is 0 Å². The van der Waals surface area contributed by atoms with Gasteiger partial charge in [-0.3, -0.25) is 0 Å². The van der Waals surface area contributed by atoms with Gasteiger partial charge in [-0.15, -0.1) is 6.58 Å². The number of rotatable bonds is 5. The van der Waals surface area contributed by atoms with E-state index in [4.69, 9.17) is 9.47 Å². The summed E-state index contributed by atoms with van der Waals surface area (Å²) in [6.45, 7) is 5.92. The highest BCUT2D eigenvalue weighted by atomic mass is 79.9. The molecule has 0 saturated heterocycles. The van der Waals surface area contributed by atoms with E-state index in [9.17, 15) is 0 Å². The average molecular weight is 285 g/mol. The largest absolute Gasteiger partial charge is 0.496 e. The summed E-state index contributed by atoms with van der Waals surface area (Å²) in [5, 5.41) is 0. The molecular formula is C13H17BrO2. The molecule has 0 aromatic heterocycles. The van der Waals surface area contributed by atoms with E-state index in [0.29, 0.717) is 5.92 Å². The maximum Gasteiger partial charge on any atom is 0.136 e. The lowest BCUT2D eigenvalue weighted by atomic mass is 10.0. The lowest BCUT2D eigenvalue weighted by Gasteiger charge is -2.13. The highest BCUT2D eigenvalue weighted by Crippen LogP contribution is 2.34. The molecule has 1 aromatic carbocycles. The van der Waals surface area contributed by atoms with Gasteiger partial charge in [0.1, 0.15) is 11.5 Å². The monoisotopic (exact) mass is 284 g/mol. The topological polar surface area (TPSA) is 18.5 Å². The highest BCUT2D eigenvalue weighted by Gasteiger charge is 2.11. The minimum absolute atomic E-state index is 0.425. The molecule has 1 aromatic rings. The summed E-state index contributed by atoms with van der Waals surface area (Å²) in [5.41, 5.74) is 1.16. The van der Waals surface area contributed by atoms with Crippen LogP contribution in [0.3, 0.4) is 0 Å². The quantitative estimate of drug-likeness (QED) is 0.765. The Morgan fingerprint density at radius 1 is 1.31 bits per heavy atom. The molecule has 0 spiro atoms. The first-order valence-corrected chi connectivity index (χ1v) is 5.94. The van der Waals surface area contributed by atoms with Gasteiger partial charge < -0.3 is 9.47 Å². The van der Waals surface area contributed by atoms with Crippen molar-refractivity contribution in [2.75, 3.05) is 14.2 Å². The third-order valence-electron chi connectivity index (χ3n) is 2.50. The Labute approximate surface area is 105 Å². The maximum atomic E-state index is 5.35. The zero-order valence-electron chi connectivity index (χ0n) is 9.92. The van der Waals surface area contributed by atoms with E-state index < -0.39 is 0 Å². The smallest absolute Gasteiger partial charge is 0.136 e. The average Bonchev–Trinajstić information content (AvgIpc) is 2.29. The van der Waals surface area contributed by atoms with Gasteiger partial charge >= 0.3 is 0 Å². The predicted molar refractivity (Wildman–Crippen MR) is 70.3 cm³/mol. The van der Waals surface area contributed by atoms with E-state index >= 15 is 0 Å². The van der Waals surface area contributed by atoms with Crippen molar-refractivity contribution in [3.05, 3.63) is 34.8 Å². The third kappa shape index (κ3) is 3.01. The van der Waals surface area contributed by atoms with Crippen molar-refractivity contribution in [1.82, 2.24) is 0 Å². The van der Waals surface area contributed by atoms with Gasteiger partial charge in [-0.1, -0.05) is 13.0 Å². The standard InChI is InChI=1S/C13H17BrO2/c1-5-9(2)6-10-7-11(14)13(16-4)8-12(10)15-3/h5,7-9H,1,6H2,2-4H3. The first kappa shape index (κ1) is 13.1. The fourth-order valence-corrected chi connectivity index (χ4v) is 2.06. The van der Waals surface area contributed by atoms with Gasteiger partial charge in [0.25, 0.3) is 0 Å². The predicted octanol–water partition coefficient (Wildman–Crippen LogP) is 3.83. The summed E-state index contributed by atoms with van der Waals surface area (Å²) < 4.78 is 11.5. The van der Waals surface area contributed by atoms with Crippen molar-refractivity contribution in [2.45, 2.75) is 13.3 Å². The van der Waals surface area contributed by atoms with Gasteiger partial charge in [0.2, 0.25) is 0 Å². The summed E-state index contributed by atoms with van der Waals surface area (Å²) in [7, 11) is 3.32. The Balaban J connectivity index is 3.07.